The second-order valence-corrected chi connectivity index (χ2v) is 5.61. The summed E-state index contributed by atoms with van der Waals surface area (Å²) in [6.45, 7) is 2.51. The average Bonchev–Trinajstić information content (AvgIpc) is 2.48. The van der Waals surface area contributed by atoms with Crippen LogP contribution in [0.5, 0.6) is 5.75 Å². The van der Waals surface area contributed by atoms with Crippen molar-refractivity contribution in [3.63, 3.8) is 0 Å². The standard InChI is InChI=1S/C16H15BrN2O2S/c1-2-21-12-7-5-6-11(10-12)18-16(22)19-15(20)13-8-3-4-9-14(13)17/h3-10H,2H2,1H3,(H2,18,19,20,22). The first-order valence-electron chi connectivity index (χ1n) is 6.70. The van der Waals surface area contributed by atoms with Crippen molar-refractivity contribution in [1.82, 2.24) is 5.32 Å². The maximum absolute atomic E-state index is 12.1. The zero-order chi connectivity index (χ0) is 15.9. The molecule has 114 valence electrons. The van der Waals surface area contributed by atoms with E-state index in [1.807, 2.05) is 37.3 Å². The maximum Gasteiger partial charge on any atom is 0.258 e. The van der Waals surface area contributed by atoms with Crippen molar-refractivity contribution in [2.45, 2.75) is 6.92 Å². The number of benzene rings is 2. The minimum absolute atomic E-state index is 0.231. The Morgan fingerprint density at radius 1 is 1.23 bits per heavy atom. The third-order valence-electron chi connectivity index (χ3n) is 2.75. The second-order valence-electron chi connectivity index (χ2n) is 4.35. The van der Waals surface area contributed by atoms with Crippen molar-refractivity contribution >= 4 is 44.9 Å². The van der Waals surface area contributed by atoms with Crippen molar-refractivity contribution in [1.29, 1.82) is 0 Å². The first-order chi connectivity index (χ1) is 10.6. The summed E-state index contributed by atoms with van der Waals surface area (Å²) in [5.41, 5.74) is 1.28. The number of rotatable bonds is 4. The van der Waals surface area contributed by atoms with Crippen LogP contribution >= 0.6 is 28.1 Å². The fraction of sp³-hybridized carbons (Fsp3) is 0.125. The maximum atomic E-state index is 12.1. The van der Waals surface area contributed by atoms with E-state index in [2.05, 4.69) is 26.6 Å². The molecule has 0 aromatic heterocycles. The Labute approximate surface area is 143 Å². The normalized spacial score (nSPS) is 9.91. The molecule has 0 aliphatic heterocycles. The number of amides is 1. The molecule has 4 nitrogen and oxygen atoms in total. The summed E-state index contributed by atoms with van der Waals surface area (Å²) >= 11 is 8.50. The van der Waals surface area contributed by atoms with Gasteiger partial charge in [-0.1, -0.05) is 18.2 Å². The van der Waals surface area contributed by atoms with E-state index in [9.17, 15) is 4.79 Å². The van der Waals surface area contributed by atoms with Gasteiger partial charge >= 0.3 is 0 Å². The predicted octanol–water partition coefficient (Wildman–Crippen LogP) is 3.97. The highest BCUT2D eigenvalue weighted by Gasteiger charge is 2.11. The lowest BCUT2D eigenvalue weighted by molar-refractivity contribution is 0.0977. The topological polar surface area (TPSA) is 50.4 Å². The number of ether oxygens (including phenoxy) is 1. The lowest BCUT2D eigenvalue weighted by Crippen LogP contribution is -2.34. The molecule has 2 rings (SSSR count). The van der Waals surface area contributed by atoms with E-state index >= 15 is 0 Å². The van der Waals surface area contributed by atoms with E-state index < -0.39 is 0 Å². The highest BCUT2D eigenvalue weighted by atomic mass is 79.9. The molecule has 2 aromatic rings. The summed E-state index contributed by atoms with van der Waals surface area (Å²) in [5.74, 6) is 0.471. The molecule has 2 N–H and O–H groups in total. The molecule has 1 amide bonds. The van der Waals surface area contributed by atoms with E-state index in [1.54, 1.807) is 18.2 Å². The van der Waals surface area contributed by atoms with Gasteiger partial charge in [0.2, 0.25) is 0 Å². The first kappa shape index (κ1) is 16.5. The van der Waals surface area contributed by atoms with Crippen LogP contribution in [-0.2, 0) is 0 Å². The summed E-state index contributed by atoms with van der Waals surface area (Å²) in [4.78, 5) is 12.1. The number of hydrogen-bond donors (Lipinski definition) is 2. The number of anilines is 1. The van der Waals surface area contributed by atoms with Gasteiger partial charge in [-0.2, -0.15) is 0 Å². The van der Waals surface area contributed by atoms with Gasteiger partial charge in [-0.25, -0.2) is 0 Å². The molecule has 0 unspecified atom stereocenters. The molecule has 6 heteroatoms. The molecule has 2 aromatic carbocycles. The third kappa shape index (κ3) is 4.54. The van der Waals surface area contributed by atoms with Crippen LogP contribution in [0.25, 0.3) is 0 Å². The molecule has 0 heterocycles. The van der Waals surface area contributed by atoms with Gasteiger partial charge in [-0.05, 0) is 59.3 Å². The van der Waals surface area contributed by atoms with Crippen LogP contribution in [0.15, 0.2) is 53.0 Å². The smallest absolute Gasteiger partial charge is 0.258 e. The molecule has 0 saturated heterocycles. The van der Waals surface area contributed by atoms with Crippen molar-refractivity contribution in [3.8, 4) is 5.75 Å². The van der Waals surface area contributed by atoms with Crippen LogP contribution in [0, 0.1) is 0 Å². The molecule has 22 heavy (non-hydrogen) atoms. The summed E-state index contributed by atoms with van der Waals surface area (Å²) in [5, 5.41) is 5.84. The Morgan fingerprint density at radius 2 is 2.00 bits per heavy atom. The Hall–Kier alpha value is -1.92. The first-order valence-corrected chi connectivity index (χ1v) is 7.90. The van der Waals surface area contributed by atoms with Crippen molar-refractivity contribution in [2.24, 2.45) is 0 Å². The van der Waals surface area contributed by atoms with Gasteiger partial charge in [0.25, 0.3) is 5.91 Å². The summed E-state index contributed by atoms with van der Waals surface area (Å²) in [6.07, 6.45) is 0. The van der Waals surface area contributed by atoms with E-state index in [0.29, 0.717) is 16.6 Å². The van der Waals surface area contributed by atoms with Gasteiger partial charge in [0.05, 0.1) is 12.2 Å². The monoisotopic (exact) mass is 378 g/mol. The number of carbonyl (C=O) groups is 1. The van der Waals surface area contributed by atoms with Gasteiger partial charge < -0.3 is 10.1 Å². The van der Waals surface area contributed by atoms with Gasteiger partial charge in [-0.15, -0.1) is 0 Å². The van der Waals surface area contributed by atoms with Gasteiger partial charge in [0.15, 0.2) is 5.11 Å². The van der Waals surface area contributed by atoms with Crippen molar-refractivity contribution < 1.29 is 9.53 Å². The SMILES string of the molecule is CCOc1cccc(NC(=S)NC(=O)c2ccccc2Br)c1. The van der Waals surface area contributed by atoms with Crippen LogP contribution in [0.3, 0.4) is 0 Å². The molecule has 0 spiro atoms. The second kappa shape index (κ2) is 7.91. The molecule has 0 fully saturated rings. The van der Waals surface area contributed by atoms with Crippen molar-refractivity contribution in [3.05, 3.63) is 58.6 Å². The third-order valence-corrected chi connectivity index (χ3v) is 3.64. The Morgan fingerprint density at radius 3 is 2.73 bits per heavy atom. The molecule has 0 radical (unpaired) electrons. The van der Waals surface area contributed by atoms with Gasteiger partial charge in [0.1, 0.15) is 5.75 Å². The fourth-order valence-electron chi connectivity index (χ4n) is 1.81. The van der Waals surface area contributed by atoms with Crippen LogP contribution in [0.2, 0.25) is 0 Å². The molecule has 0 atom stereocenters. The van der Waals surface area contributed by atoms with Crippen LogP contribution < -0.4 is 15.4 Å². The van der Waals surface area contributed by atoms with E-state index in [4.69, 9.17) is 17.0 Å². The zero-order valence-corrected chi connectivity index (χ0v) is 14.3. The lowest BCUT2D eigenvalue weighted by atomic mass is 10.2. The zero-order valence-electron chi connectivity index (χ0n) is 11.9. The highest BCUT2D eigenvalue weighted by Crippen LogP contribution is 2.18. The number of nitrogens with one attached hydrogen (secondary N) is 2. The minimum atomic E-state index is -0.272. The predicted molar refractivity (Wildman–Crippen MR) is 95.4 cm³/mol. The highest BCUT2D eigenvalue weighted by molar-refractivity contribution is 9.10. The lowest BCUT2D eigenvalue weighted by Gasteiger charge is -2.11. The van der Waals surface area contributed by atoms with Gasteiger partial charge in [-0.3, -0.25) is 10.1 Å². The largest absolute Gasteiger partial charge is 0.494 e. The van der Waals surface area contributed by atoms with E-state index in [0.717, 1.165) is 11.4 Å². The summed E-state index contributed by atoms with van der Waals surface area (Å²) in [7, 11) is 0. The Balaban J connectivity index is 2.00. The Bertz CT molecular complexity index is 691. The van der Waals surface area contributed by atoms with Crippen molar-refractivity contribution in [2.75, 3.05) is 11.9 Å². The minimum Gasteiger partial charge on any atom is -0.494 e. The summed E-state index contributed by atoms with van der Waals surface area (Å²) < 4.78 is 6.13. The molecule has 0 aliphatic rings. The van der Waals surface area contributed by atoms with E-state index in [-0.39, 0.29) is 11.0 Å². The van der Waals surface area contributed by atoms with Crippen LogP contribution in [0.1, 0.15) is 17.3 Å². The number of hydrogen-bond acceptors (Lipinski definition) is 3. The molecular weight excluding hydrogens is 364 g/mol. The average molecular weight is 379 g/mol. The number of carbonyl (C=O) groups excluding carboxylic acids is 1. The molecule has 0 bridgehead atoms. The van der Waals surface area contributed by atoms with Gasteiger partial charge in [0, 0.05) is 16.2 Å². The quantitative estimate of drug-likeness (QED) is 0.790. The molecule has 0 aliphatic carbocycles. The van der Waals surface area contributed by atoms with Crippen LogP contribution in [-0.4, -0.2) is 17.6 Å². The van der Waals surface area contributed by atoms with Crippen LogP contribution in [0.4, 0.5) is 5.69 Å². The molecule has 0 saturated carbocycles. The van der Waals surface area contributed by atoms with E-state index in [1.165, 1.54) is 0 Å². The number of thiocarbonyl (C=S) groups is 1. The fourth-order valence-corrected chi connectivity index (χ4v) is 2.48. The molecular formula is C16H15BrN2O2S. The Kier molecular flexibility index (Phi) is 5.91. The number of halogens is 1. The summed E-state index contributed by atoms with van der Waals surface area (Å²) in [6, 6.07) is 14.5.